The highest BCUT2D eigenvalue weighted by atomic mass is 16.5. The fourth-order valence-electron chi connectivity index (χ4n) is 1.34. The Bertz CT molecular complexity index is 66.7. The first-order valence-electron chi connectivity index (χ1n) is 6.28. The molecule has 88 valence electrons. The lowest BCUT2D eigenvalue weighted by molar-refractivity contribution is 0.164. The molecule has 0 spiro atoms. The van der Waals surface area contributed by atoms with Crippen LogP contribution in [0.15, 0.2) is 0 Å². The van der Waals surface area contributed by atoms with Gasteiger partial charge in [0.05, 0.1) is 0 Å². The molecule has 0 aliphatic rings. The number of hydroxylamine groups is 1. The summed E-state index contributed by atoms with van der Waals surface area (Å²) in [7, 11) is 0. The molecule has 2 nitrogen and oxygen atoms in total. The van der Waals surface area contributed by atoms with Crippen molar-refractivity contribution in [2.75, 3.05) is 6.54 Å². The third kappa shape index (κ3) is 17.9. The quantitative estimate of drug-likeness (QED) is 0.436. The van der Waals surface area contributed by atoms with E-state index in [2.05, 4.69) is 12.4 Å². The first-order chi connectivity index (χ1) is 6.91. The first kappa shape index (κ1) is 16.4. The predicted molar refractivity (Wildman–Crippen MR) is 63.7 cm³/mol. The van der Waals surface area contributed by atoms with Crippen molar-refractivity contribution in [2.45, 2.75) is 72.1 Å². The van der Waals surface area contributed by atoms with E-state index < -0.39 is 0 Å². The summed E-state index contributed by atoms with van der Waals surface area (Å²) < 4.78 is 0. The van der Waals surface area contributed by atoms with Crippen LogP contribution in [0.2, 0.25) is 0 Å². The average molecular weight is 203 g/mol. The van der Waals surface area contributed by atoms with Crippen LogP contribution >= 0.6 is 0 Å². The zero-order valence-corrected chi connectivity index (χ0v) is 10.3. The molecule has 0 heterocycles. The molecule has 0 bridgehead atoms. The van der Waals surface area contributed by atoms with Gasteiger partial charge in [-0.25, -0.2) is 5.48 Å². The van der Waals surface area contributed by atoms with Gasteiger partial charge in [-0.1, -0.05) is 65.7 Å². The van der Waals surface area contributed by atoms with Gasteiger partial charge in [-0.05, 0) is 6.42 Å². The second-order valence-corrected chi connectivity index (χ2v) is 3.38. The van der Waals surface area contributed by atoms with Crippen molar-refractivity contribution in [3.05, 3.63) is 0 Å². The van der Waals surface area contributed by atoms with Gasteiger partial charge in [0.1, 0.15) is 0 Å². The SMILES string of the molecule is CC.CCCCCCCCCCNO. The minimum absolute atomic E-state index is 0.745. The molecule has 0 saturated carbocycles. The molecule has 2 N–H and O–H groups in total. The lowest BCUT2D eigenvalue weighted by atomic mass is 10.1. The van der Waals surface area contributed by atoms with Gasteiger partial charge in [-0.3, -0.25) is 0 Å². The number of nitrogens with one attached hydrogen (secondary N) is 1. The summed E-state index contributed by atoms with van der Waals surface area (Å²) in [6.45, 7) is 6.99. The van der Waals surface area contributed by atoms with Crippen LogP contribution in [0.5, 0.6) is 0 Å². The second-order valence-electron chi connectivity index (χ2n) is 3.38. The van der Waals surface area contributed by atoms with Crippen LogP contribution in [0.1, 0.15) is 72.1 Å². The van der Waals surface area contributed by atoms with Gasteiger partial charge in [0.2, 0.25) is 0 Å². The van der Waals surface area contributed by atoms with Crippen LogP contribution < -0.4 is 5.48 Å². The maximum absolute atomic E-state index is 8.29. The minimum atomic E-state index is 0.745. The van der Waals surface area contributed by atoms with Gasteiger partial charge >= 0.3 is 0 Å². The van der Waals surface area contributed by atoms with Crippen LogP contribution in [0.3, 0.4) is 0 Å². The van der Waals surface area contributed by atoms with Crippen molar-refractivity contribution in [3.8, 4) is 0 Å². The number of hydrogen-bond donors (Lipinski definition) is 2. The van der Waals surface area contributed by atoms with Gasteiger partial charge in [0.25, 0.3) is 0 Å². The van der Waals surface area contributed by atoms with Gasteiger partial charge in [-0.15, -0.1) is 0 Å². The Morgan fingerprint density at radius 1 is 0.786 bits per heavy atom. The maximum Gasteiger partial charge on any atom is 0.0207 e. The summed E-state index contributed by atoms with van der Waals surface area (Å²) >= 11 is 0. The number of unbranched alkanes of at least 4 members (excludes halogenated alkanes) is 7. The van der Waals surface area contributed by atoms with E-state index in [4.69, 9.17) is 5.21 Å². The van der Waals surface area contributed by atoms with Crippen LogP contribution in [-0.2, 0) is 0 Å². The zero-order chi connectivity index (χ0) is 11.1. The molecule has 0 amide bonds. The van der Waals surface area contributed by atoms with Gasteiger partial charge in [-0.2, -0.15) is 0 Å². The van der Waals surface area contributed by atoms with E-state index in [1.54, 1.807) is 0 Å². The van der Waals surface area contributed by atoms with Gasteiger partial charge in [0, 0.05) is 6.54 Å². The summed E-state index contributed by atoms with van der Waals surface area (Å²) in [5.74, 6) is 0. The van der Waals surface area contributed by atoms with E-state index in [9.17, 15) is 0 Å². The van der Waals surface area contributed by atoms with Gasteiger partial charge in [0.15, 0.2) is 0 Å². The molecule has 0 aliphatic carbocycles. The average Bonchev–Trinajstić information content (AvgIpc) is 2.25. The molecular formula is C12H29NO. The molecule has 14 heavy (non-hydrogen) atoms. The van der Waals surface area contributed by atoms with Crippen molar-refractivity contribution in [2.24, 2.45) is 0 Å². The van der Waals surface area contributed by atoms with E-state index in [0.29, 0.717) is 0 Å². The van der Waals surface area contributed by atoms with Crippen LogP contribution in [0.4, 0.5) is 0 Å². The van der Waals surface area contributed by atoms with Crippen molar-refractivity contribution in [1.29, 1.82) is 0 Å². The Hall–Kier alpha value is -0.0800. The Morgan fingerprint density at radius 3 is 1.64 bits per heavy atom. The van der Waals surface area contributed by atoms with Crippen LogP contribution in [0.25, 0.3) is 0 Å². The molecule has 0 atom stereocenters. The van der Waals surface area contributed by atoms with E-state index in [-0.39, 0.29) is 0 Å². The highest BCUT2D eigenvalue weighted by Crippen LogP contribution is 2.07. The predicted octanol–water partition coefficient (Wildman–Crippen LogP) is 4.13. The Balaban J connectivity index is 0. The fraction of sp³-hybridized carbons (Fsp3) is 1.00. The Labute approximate surface area is 90.1 Å². The monoisotopic (exact) mass is 203 g/mol. The molecule has 2 heteroatoms. The van der Waals surface area contributed by atoms with Crippen LogP contribution in [-0.4, -0.2) is 11.8 Å². The fourth-order valence-corrected chi connectivity index (χ4v) is 1.34. The van der Waals surface area contributed by atoms with Crippen molar-refractivity contribution in [1.82, 2.24) is 5.48 Å². The van der Waals surface area contributed by atoms with Crippen molar-refractivity contribution in [3.63, 3.8) is 0 Å². The standard InChI is InChI=1S/C10H23NO.C2H6/c1-2-3-4-5-6-7-8-9-10-11-12;1-2/h11-12H,2-10H2,1H3;1-2H3. The summed E-state index contributed by atoms with van der Waals surface area (Å²) in [5.41, 5.74) is 2.18. The number of hydrogen-bond acceptors (Lipinski definition) is 2. The van der Waals surface area contributed by atoms with E-state index in [0.717, 1.165) is 13.0 Å². The lowest BCUT2D eigenvalue weighted by Crippen LogP contribution is -2.07. The normalized spacial score (nSPS) is 9.43. The largest absolute Gasteiger partial charge is 0.317 e. The lowest BCUT2D eigenvalue weighted by Gasteiger charge is -2.00. The second kappa shape index (κ2) is 18.7. The smallest absolute Gasteiger partial charge is 0.0207 e. The molecule has 0 rings (SSSR count). The summed E-state index contributed by atoms with van der Waals surface area (Å²) in [5, 5.41) is 8.29. The molecular weight excluding hydrogens is 174 g/mol. The van der Waals surface area contributed by atoms with Gasteiger partial charge < -0.3 is 5.21 Å². The van der Waals surface area contributed by atoms with Crippen LogP contribution in [0, 0.1) is 0 Å². The number of rotatable bonds is 9. The first-order valence-corrected chi connectivity index (χ1v) is 6.28. The Kier molecular flexibility index (Phi) is 21.8. The third-order valence-corrected chi connectivity index (χ3v) is 2.14. The molecule has 0 unspecified atom stereocenters. The molecule has 0 aromatic carbocycles. The van der Waals surface area contributed by atoms with Crippen molar-refractivity contribution < 1.29 is 5.21 Å². The highest BCUT2D eigenvalue weighted by Gasteiger charge is 1.90. The maximum atomic E-state index is 8.29. The minimum Gasteiger partial charge on any atom is -0.317 e. The van der Waals surface area contributed by atoms with E-state index in [1.165, 1.54) is 44.9 Å². The molecule has 0 fully saturated rings. The molecule has 0 saturated heterocycles. The zero-order valence-electron chi connectivity index (χ0n) is 10.3. The molecule has 0 aromatic rings. The Morgan fingerprint density at radius 2 is 1.21 bits per heavy atom. The third-order valence-electron chi connectivity index (χ3n) is 2.14. The summed E-state index contributed by atoms with van der Waals surface area (Å²) in [6, 6.07) is 0. The molecule has 0 aromatic heterocycles. The van der Waals surface area contributed by atoms with Crippen molar-refractivity contribution >= 4 is 0 Å². The summed E-state index contributed by atoms with van der Waals surface area (Å²) in [6.07, 6.45) is 10.5. The van der Waals surface area contributed by atoms with E-state index >= 15 is 0 Å². The summed E-state index contributed by atoms with van der Waals surface area (Å²) in [4.78, 5) is 0. The molecule has 0 radical (unpaired) electrons. The molecule has 0 aliphatic heterocycles. The highest BCUT2D eigenvalue weighted by molar-refractivity contribution is 4.46. The topological polar surface area (TPSA) is 32.3 Å². The van der Waals surface area contributed by atoms with E-state index in [1.807, 2.05) is 13.8 Å².